The van der Waals surface area contributed by atoms with Crippen molar-refractivity contribution in [1.29, 1.82) is 0 Å². The highest BCUT2D eigenvalue weighted by molar-refractivity contribution is 6.40. The normalized spacial score (nSPS) is 10.4. The van der Waals surface area contributed by atoms with E-state index in [4.69, 9.17) is 4.74 Å². The molecule has 0 spiro atoms. The molecule has 6 heteroatoms. The number of rotatable bonds is 4. The highest BCUT2D eigenvalue weighted by atomic mass is 16.5. The molecule has 0 bridgehead atoms. The predicted molar refractivity (Wildman–Crippen MR) is 76.7 cm³/mol. The Morgan fingerprint density at radius 1 is 1.29 bits per heavy atom. The largest absolute Gasteiger partial charge is 0.460 e. The molecular weight excluding hydrogens is 272 g/mol. The number of aryl methyl sites for hydroxylation is 2. The molecule has 0 atom stereocenters. The summed E-state index contributed by atoms with van der Waals surface area (Å²) in [6.45, 7) is 3.57. The van der Waals surface area contributed by atoms with E-state index in [0.29, 0.717) is 5.69 Å². The number of imidazole rings is 1. The molecule has 0 saturated carbocycles. The third-order valence-corrected chi connectivity index (χ3v) is 3.05. The van der Waals surface area contributed by atoms with Gasteiger partial charge in [-0.1, -0.05) is 12.1 Å². The molecule has 6 nitrogen and oxygen atoms in total. The van der Waals surface area contributed by atoms with Crippen LogP contribution in [0.25, 0.3) is 5.69 Å². The standard InChI is InChI=1S/C15H16N2O4/c1-4-21-14(19)13(18)11-6-5-7-12(8-11)17-10(2)9-16(3)15(17)20/h5-9H,4H2,1-3H3. The number of carbonyl (C=O) groups excluding carboxylic acids is 2. The number of ketones is 1. The second-order valence-corrected chi connectivity index (χ2v) is 4.60. The highest BCUT2D eigenvalue weighted by Gasteiger charge is 2.18. The Morgan fingerprint density at radius 3 is 2.57 bits per heavy atom. The molecule has 0 aliphatic heterocycles. The first-order valence-electron chi connectivity index (χ1n) is 6.52. The number of benzene rings is 1. The van der Waals surface area contributed by atoms with Crippen molar-refractivity contribution in [3.63, 3.8) is 0 Å². The summed E-state index contributed by atoms with van der Waals surface area (Å²) in [7, 11) is 1.65. The number of hydrogen-bond donors (Lipinski definition) is 0. The molecule has 0 radical (unpaired) electrons. The molecule has 1 aromatic carbocycles. The van der Waals surface area contributed by atoms with E-state index in [2.05, 4.69) is 0 Å². The fraction of sp³-hybridized carbons (Fsp3) is 0.267. The molecule has 0 aliphatic carbocycles. The minimum atomic E-state index is -0.896. The number of hydrogen-bond acceptors (Lipinski definition) is 4. The van der Waals surface area contributed by atoms with Crippen LogP contribution in [-0.2, 0) is 16.6 Å². The van der Waals surface area contributed by atoms with E-state index in [9.17, 15) is 14.4 Å². The summed E-state index contributed by atoms with van der Waals surface area (Å²) in [4.78, 5) is 35.5. The smallest absolute Gasteiger partial charge is 0.379 e. The van der Waals surface area contributed by atoms with E-state index >= 15 is 0 Å². The van der Waals surface area contributed by atoms with Crippen LogP contribution in [0, 0.1) is 6.92 Å². The molecule has 0 unspecified atom stereocenters. The Morgan fingerprint density at radius 2 is 2.00 bits per heavy atom. The van der Waals surface area contributed by atoms with Gasteiger partial charge in [0, 0.05) is 24.5 Å². The van der Waals surface area contributed by atoms with Crippen molar-refractivity contribution in [3.8, 4) is 5.69 Å². The minimum absolute atomic E-state index is 0.140. The van der Waals surface area contributed by atoms with Crippen LogP contribution in [0.4, 0.5) is 0 Å². The van der Waals surface area contributed by atoms with Gasteiger partial charge < -0.3 is 9.30 Å². The zero-order valence-electron chi connectivity index (χ0n) is 12.1. The molecular formula is C15H16N2O4. The molecule has 0 fully saturated rings. The Bertz CT molecular complexity index is 755. The number of Topliss-reactive ketones (excluding diaryl/α,β-unsaturated/α-hetero) is 1. The van der Waals surface area contributed by atoms with Gasteiger partial charge in [0.05, 0.1) is 12.3 Å². The van der Waals surface area contributed by atoms with E-state index < -0.39 is 11.8 Å². The van der Waals surface area contributed by atoms with Crippen LogP contribution in [0.1, 0.15) is 23.0 Å². The van der Waals surface area contributed by atoms with Gasteiger partial charge in [0.1, 0.15) is 0 Å². The molecule has 1 heterocycles. The Labute approximate surface area is 121 Å². The van der Waals surface area contributed by atoms with Crippen LogP contribution in [0.15, 0.2) is 35.3 Å². The number of aromatic nitrogens is 2. The quantitative estimate of drug-likeness (QED) is 0.482. The predicted octanol–water partition coefficient (Wildman–Crippen LogP) is 1.23. The molecule has 0 amide bonds. The summed E-state index contributed by atoms with van der Waals surface area (Å²) >= 11 is 0. The summed E-state index contributed by atoms with van der Waals surface area (Å²) in [5, 5.41) is 0. The van der Waals surface area contributed by atoms with Gasteiger partial charge in [0.2, 0.25) is 0 Å². The number of esters is 1. The van der Waals surface area contributed by atoms with Gasteiger partial charge in [-0.15, -0.1) is 0 Å². The van der Waals surface area contributed by atoms with E-state index in [1.807, 2.05) is 0 Å². The van der Waals surface area contributed by atoms with E-state index in [-0.39, 0.29) is 17.9 Å². The Balaban J connectivity index is 2.45. The Kier molecular flexibility index (Phi) is 4.07. The fourth-order valence-corrected chi connectivity index (χ4v) is 2.12. The molecule has 1 aromatic heterocycles. The zero-order valence-corrected chi connectivity index (χ0v) is 12.1. The van der Waals surface area contributed by atoms with Crippen molar-refractivity contribution in [3.05, 3.63) is 52.2 Å². The lowest BCUT2D eigenvalue weighted by atomic mass is 10.1. The first kappa shape index (κ1) is 14.8. The molecule has 21 heavy (non-hydrogen) atoms. The number of ether oxygens (including phenoxy) is 1. The molecule has 0 N–H and O–H groups in total. The van der Waals surface area contributed by atoms with Gasteiger partial charge >= 0.3 is 11.7 Å². The first-order valence-corrected chi connectivity index (χ1v) is 6.52. The molecule has 0 saturated heterocycles. The van der Waals surface area contributed by atoms with E-state index in [1.165, 1.54) is 21.3 Å². The van der Waals surface area contributed by atoms with Gasteiger partial charge in [-0.05, 0) is 26.0 Å². The maximum atomic E-state index is 12.1. The maximum Gasteiger partial charge on any atom is 0.379 e. The van der Waals surface area contributed by atoms with E-state index in [1.54, 1.807) is 39.2 Å². The topological polar surface area (TPSA) is 70.3 Å². The van der Waals surface area contributed by atoms with Crippen molar-refractivity contribution < 1.29 is 14.3 Å². The maximum absolute atomic E-state index is 12.1. The van der Waals surface area contributed by atoms with Crippen LogP contribution in [0.3, 0.4) is 0 Å². The van der Waals surface area contributed by atoms with Gasteiger partial charge in [-0.3, -0.25) is 9.36 Å². The summed E-state index contributed by atoms with van der Waals surface area (Å²) < 4.78 is 7.62. The third kappa shape index (κ3) is 2.79. The summed E-state index contributed by atoms with van der Waals surface area (Å²) in [5.74, 6) is -1.62. The van der Waals surface area contributed by atoms with Gasteiger partial charge in [0.25, 0.3) is 5.78 Å². The van der Waals surface area contributed by atoms with Crippen LogP contribution in [0.5, 0.6) is 0 Å². The SMILES string of the molecule is CCOC(=O)C(=O)c1cccc(-n2c(C)cn(C)c2=O)c1. The van der Waals surface area contributed by atoms with Crippen molar-refractivity contribution in [2.45, 2.75) is 13.8 Å². The fourth-order valence-electron chi connectivity index (χ4n) is 2.12. The highest BCUT2D eigenvalue weighted by Crippen LogP contribution is 2.12. The lowest BCUT2D eigenvalue weighted by Crippen LogP contribution is -2.22. The summed E-state index contributed by atoms with van der Waals surface area (Å²) in [6.07, 6.45) is 1.70. The zero-order chi connectivity index (χ0) is 15.6. The minimum Gasteiger partial charge on any atom is -0.460 e. The van der Waals surface area contributed by atoms with Crippen LogP contribution >= 0.6 is 0 Å². The Hall–Kier alpha value is -2.63. The first-order chi connectivity index (χ1) is 9.95. The molecule has 0 aliphatic rings. The molecule has 110 valence electrons. The van der Waals surface area contributed by atoms with Crippen LogP contribution in [-0.4, -0.2) is 27.5 Å². The lowest BCUT2D eigenvalue weighted by Gasteiger charge is -2.06. The van der Waals surface area contributed by atoms with Gasteiger partial charge in [-0.25, -0.2) is 9.59 Å². The van der Waals surface area contributed by atoms with Crippen molar-refractivity contribution in [2.24, 2.45) is 7.05 Å². The van der Waals surface area contributed by atoms with Crippen LogP contribution in [0.2, 0.25) is 0 Å². The van der Waals surface area contributed by atoms with Crippen molar-refractivity contribution in [2.75, 3.05) is 6.61 Å². The van der Waals surface area contributed by atoms with Crippen molar-refractivity contribution >= 4 is 11.8 Å². The number of nitrogens with zero attached hydrogens (tertiary/aromatic N) is 2. The molecule has 2 aromatic rings. The second kappa shape index (κ2) is 5.78. The van der Waals surface area contributed by atoms with E-state index in [0.717, 1.165) is 5.69 Å². The average Bonchev–Trinajstić information content (AvgIpc) is 2.71. The number of carbonyl (C=O) groups is 2. The monoisotopic (exact) mass is 288 g/mol. The lowest BCUT2D eigenvalue weighted by molar-refractivity contribution is -0.137. The summed E-state index contributed by atoms with van der Waals surface area (Å²) in [6, 6.07) is 6.36. The molecule has 2 rings (SSSR count). The average molecular weight is 288 g/mol. The van der Waals surface area contributed by atoms with Crippen LogP contribution < -0.4 is 5.69 Å². The second-order valence-electron chi connectivity index (χ2n) is 4.60. The van der Waals surface area contributed by atoms with Gasteiger partial charge in [-0.2, -0.15) is 0 Å². The third-order valence-electron chi connectivity index (χ3n) is 3.05. The summed E-state index contributed by atoms with van der Waals surface area (Å²) in [5.41, 5.74) is 1.26. The van der Waals surface area contributed by atoms with Gasteiger partial charge in [0.15, 0.2) is 0 Å². The van der Waals surface area contributed by atoms with Crippen molar-refractivity contribution in [1.82, 2.24) is 9.13 Å².